The molecule has 3 heteroatoms. The quantitative estimate of drug-likeness (QED) is 0.718. The summed E-state index contributed by atoms with van der Waals surface area (Å²) in [6.07, 6.45) is 1.07. The van der Waals surface area contributed by atoms with Gasteiger partial charge in [-0.3, -0.25) is 4.21 Å². The lowest BCUT2D eigenvalue weighted by Gasteiger charge is -2.18. The van der Waals surface area contributed by atoms with Crippen molar-refractivity contribution in [2.24, 2.45) is 17.6 Å². The van der Waals surface area contributed by atoms with Crippen LogP contribution in [0.15, 0.2) is 0 Å². The van der Waals surface area contributed by atoms with Crippen LogP contribution in [-0.4, -0.2) is 21.8 Å². The molecule has 80 valence electrons. The molecular formula is C10H23NOS. The van der Waals surface area contributed by atoms with Crippen molar-refractivity contribution in [1.82, 2.24) is 0 Å². The molecule has 13 heavy (non-hydrogen) atoms. The van der Waals surface area contributed by atoms with Crippen LogP contribution in [0.1, 0.15) is 34.1 Å². The summed E-state index contributed by atoms with van der Waals surface area (Å²) in [5, 5.41) is 0. The molecule has 0 bridgehead atoms. The van der Waals surface area contributed by atoms with E-state index in [1.165, 1.54) is 0 Å². The van der Waals surface area contributed by atoms with E-state index in [2.05, 4.69) is 27.7 Å². The molecule has 0 saturated carbocycles. The minimum absolute atomic E-state index is 0.101. The van der Waals surface area contributed by atoms with Gasteiger partial charge < -0.3 is 5.73 Å². The monoisotopic (exact) mass is 205 g/mol. The molecule has 0 aromatic heterocycles. The van der Waals surface area contributed by atoms with Gasteiger partial charge in [0.25, 0.3) is 0 Å². The second-order valence-corrected chi connectivity index (χ2v) is 5.76. The Balaban J connectivity index is 3.77. The van der Waals surface area contributed by atoms with E-state index >= 15 is 0 Å². The van der Waals surface area contributed by atoms with Gasteiger partial charge in [-0.25, -0.2) is 0 Å². The molecule has 0 aromatic rings. The van der Waals surface area contributed by atoms with E-state index in [1.807, 2.05) is 0 Å². The highest BCUT2D eigenvalue weighted by molar-refractivity contribution is 7.85. The maximum absolute atomic E-state index is 11.5. The fourth-order valence-electron chi connectivity index (χ4n) is 1.12. The standard InChI is InChI=1S/C10H23NOS/c1-5-9(4)10(11)7-13(12)6-8(2)3/h8-10H,5-7,11H2,1-4H3. The van der Waals surface area contributed by atoms with E-state index in [-0.39, 0.29) is 6.04 Å². The zero-order valence-corrected chi connectivity index (χ0v) is 10.1. The highest BCUT2D eigenvalue weighted by Crippen LogP contribution is 2.07. The molecule has 0 saturated heterocycles. The Bertz CT molecular complexity index is 159. The SMILES string of the molecule is CCC(C)C(N)CS(=O)CC(C)C. The highest BCUT2D eigenvalue weighted by Gasteiger charge is 2.14. The molecule has 0 amide bonds. The molecule has 3 atom stereocenters. The van der Waals surface area contributed by atoms with E-state index in [1.54, 1.807) is 0 Å². The molecule has 0 aliphatic carbocycles. The summed E-state index contributed by atoms with van der Waals surface area (Å²) in [6, 6.07) is 0.101. The lowest BCUT2D eigenvalue weighted by molar-refractivity contribution is 0.471. The summed E-state index contributed by atoms with van der Waals surface area (Å²) in [7, 11) is -0.727. The molecule has 0 aliphatic rings. The molecule has 0 heterocycles. The predicted molar refractivity (Wildman–Crippen MR) is 60.1 cm³/mol. The number of hydrogen-bond acceptors (Lipinski definition) is 2. The Morgan fingerprint density at radius 3 is 2.15 bits per heavy atom. The zero-order chi connectivity index (χ0) is 10.4. The first-order valence-corrected chi connectivity index (χ1v) is 6.56. The second kappa shape index (κ2) is 6.55. The van der Waals surface area contributed by atoms with Gasteiger partial charge in [0.2, 0.25) is 0 Å². The molecule has 2 N–H and O–H groups in total. The van der Waals surface area contributed by atoms with Crippen LogP contribution in [0.25, 0.3) is 0 Å². The van der Waals surface area contributed by atoms with Crippen molar-refractivity contribution in [2.45, 2.75) is 40.2 Å². The van der Waals surface area contributed by atoms with Crippen LogP contribution in [0.3, 0.4) is 0 Å². The summed E-state index contributed by atoms with van der Waals surface area (Å²) >= 11 is 0. The largest absolute Gasteiger partial charge is 0.327 e. The first-order valence-electron chi connectivity index (χ1n) is 5.07. The third kappa shape index (κ3) is 6.22. The summed E-state index contributed by atoms with van der Waals surface area (Å²) in [4.78, 5) is 0. The average molecular weight is 205 g/mol. The molecule has 0 spiro atoms. The minimum Gasteiger partial charge on any atom is -0.327 e. The second-order valence-electron chi connectivity index (χ2n) is 4.22. The Morgan fingerprint density at radius 2 is 1.77 bits per heavy atom. The fourth-order valence-corrected chi connectivity index (χ4v) is 2.76. The van der Waals surface area contributed by atoms with E-state index < -0.39 is 10.8 Å². The van der Waals surface area contributed by atoms with Crippen LogP contribution in [0.5, 0.6) is 0 Å². The molecule has 0 radical (unpaired) electrons. The van der Waals surface area contributed by atoms with E-state index in [0.29, 0.717) is 17.6 Å². The molecule has 0 rings (SSSR count). The van der Waals surface area contributed by atoms with E-state index in [4.69, 9.17) is 5.73 Å². The lowest BCUT2D eigenvalue weighted by Crippen LogP contribution is -2.34. The third-order valence-electron chi connectivity index (χ3n) is 2.27. The summed E-state index contributed by atoms with van der Waals surface area (Å²) < 4.78 is 11.5. The maximum atomic E-state index is 11.5. The van der Waals surface area contributed by atoms with Crippen LogP contribution >= 0.6 is 0 Å². The molecule has 2 nitrogen and oxygen atoms in total. The van der Waals surface area contributed by atoms with Crippen LogP contribution in [0.2, 0.25) is 0 Å². The molecule has 3 unspecified atom stereocenters. The van der Waals surface area contributed by atoms with Gasteiger partial charge in [-0.2, -0.15) is 0 Å². The van der Waals surface area contributed by atoms with Crippen molar-refractivity contribution in [1.29, 1.82) is 0 Å². The van der Waals surface area contributed by atoms with Gasteiger partial charge in [0.15, 0.2) is 0 Å². The first-order chi connectivity index (χ1) is 5.97. The average Bonchev–Trinajstić information content (AvgIpc) is 2.01. The predicted octanol–water partition coefficient (Wildman–Crippen LogP) is 1.76. The van der Waals surface area contributed by atoms with Gasteiger partial charge in [-0.05, 0) is 11.8 Å². The smallest absolute Gasteiger partial charge is 0.0389 e. The van der Waals surface area contributed by atoms with E-state index in [0.717, 1.165) is 12.2 Å². The van der Waals surface area contributed by atoms with Crippen molar-refractivity contribution < 1.29 is 4.21 Å². The summed E-state index contributed by atoms with van der Waals surface area (Å²) in [5.41, 5.74) is 5.91. The number of hydrogen-bond donors (Lipinski definition) is 1. The zero-order valence-electron chi connectivity index (χ0n) is 9.25. The van der Waals surface area contributed by atoms with Crippen molar-refractivity contribution in [3.05, 3.63) is 0 Å². The lowest BCUT2D eigenvalue weighted by atomic mass is 10.0. The Hall–Kier alpha value is 0.110. The number of rotatable bonds is 6. The topological polar surface area (TPSA) is 43.1 Å². The van der Waals surface area contributed by atoms with Gasteiger partial charge in [-0.15, -0.1) is 0 Å². The van der Waals surface area contributed by atoms with Crippen molar-refractivity contribution in [2.75, 3.05) is 11.5 Å². The Labute approximate surface area is 84.7 Å². The van der Waals surface area contributed by atoms with Gasteiger partial charge in [0.1, 0.15) is 0 Å². The van der Waals surface area contributed by atoms with Gasteiger partial charge in [-0.1, -0.05) is 34.1 Å². The number of nitrogens with two attached hydrogens (primary N) is 1. The normalized spacial score (nSPS) is 18.6. The van der Waals surface area contributed by atoms with Gasteiger partial charge >= 0.3 is 0 Å². The van der Waals surface area contributed by atoms with Crippen LogP contribution in [-0.2, 0) is 10.8 Å². The minimum atomic E-state index is -0.727. The van der Waals surface area contributed by atoms with Crippen LogP contribution in [0.4, 0.5) is 0 Å². The Morgan fingerprint density at radius 1 is 1.23 bits per heavy atom. The van der Waals surface area contributed by atoms with Gasteiger partial charge in [0, 0.05) is 28.3 Å². The third-order valence-corrected chi connectivity index (χ3v) is 4.07. The maximum Gasteiger partial charge on any atom is 0.0389 e. The highest BCUT2D eigenvalue weighted by atomic mass is 32.2. The summed E-state index contributed by atoms with van der Waals surface area (Å²) in [6.45, 7) is 8.42. The molecule has 0 aliphatic heterocycles. The Kier molecular flexibility index (Phi) is 6.60. The molecule has 0 aromatic carbocycles. The molecule has 0 fully saturated rings. The van der Waals surface area contributed by atoms with E-state index in [9.17, 15) is 4.21 Å². The first kappa shape index (κ1) is 13.1. The van der Waals surface area contributed by atoms with Crippen LogP contribution < -0.4 is 5.73 Å². The summed E-state index contributed by atoms with van der Waals surface area (Å²) in [5.74, 6) is 2.43. The fraction of sp³-hybridized carbons (Fsp3) is 1.00. The van der Waals surface area contributed by atoms with Gasteiger partial charge in [0.05, 0.1) is 0 Å². The van der Waals surface area contributed by atoms with Crippen molar-refractivity contribution in [3.8, 4) is 0 Å². The van der Waals surface area contributed by atoms with Crippen LogP contribution in [0, 0.1) is 11.8 Å². The van der Waals surface area contributed by atoms with Crippen molar-refractivity contribution >= 4 is 10.8 Å². The molecular weight excluding hydrogens is 182 g/mol. The van der Waals surface area contributed by atoms with Crippen molar-refractivity contribution in [3.63, 3.8) is 0 Å².